The van der Waals surface area contributed by atoms with Crippen molar-refractivity contribution in [3.05, 3.63) is 34.9 Å². The number of benzene rings is 1. The summed E-state index contributed by atoms with van der Waals surface area (Å²) < 4.78 is 0. The molecule has 0 spiro atoms. The van der Waals surface area contributed by atoms with Crippen LogP contribution in [0.15, 0.2) is 29.3 Å². The lowest BCUT2D eigenvalue weighted by molar-refractivity contribution is 0.187. The highest BCUT2D eigenvalue weighted by Gasteiger charge is 2.31. The molecule has 0 radical (unpaired) electrons. The van der Waals surface area contributed by atoms with Gasteiger partial charge in [-0.3, -0.25) is 9.89 Å². The van der Waals surface area contributed by atoms with E-state index in [-0.39, 0.29) is 24.0 Å². The number of nitrogens with one attached hydrogen (secondary N) is 2. The largest absolute Gasteiger partial charge is 0.386 e. The Kier molecular flexibility index (Phi) is 10.2. The molecule has 3 unspecified atom stereocenters. The second kappa shape index (κ2) is 11.3. The molecule has 2 rings (SSSR count). The van der Waals surface area contributed by atoms with Crippen molar-refractivity contribution in [2.75, 3.05) is 26.2 Å². The lowest BCUT2D eigenvalue weighted by Gasteiger charge is -2.22. The summed E-state index contributed by atoms with van der Waals surface area (Å²) in [6, 6.07) is 8.17. The fourth-order valence-corrected chi connectivity index (χ4v) is 3.20. The van der Waals surface area contributed by atoms with Gasteiger partial charge < -0.3 is 15.7 Å². The lowest BCUT2D eigenvalue weighted by atomic mass is 10.1. The predicted octanol–water partition coefficient (Wildman–Crippen LogP) is 3.28. The lowest BCUT2D eigenvalue weighted by Crippen LogP contribution is -2.47. The number of likely N-dealkylation sites (tertiary alicyclic amines) is 1. The summed E-state index contributed by atoms with van der Waals surface area (Å²) in [5, 5.41) is 17.8. The molecule has 0 saturated carbocycles. The standard InChI is InChI=1S/C19H31ClN4O.HI/c1-5-21-19(23-17-12-24(13(2)3)11-14(17)4)22-10-18(25)15-6-8-16(20)9-7-15;/h6-9,13-14,17-18,25H,5,10-12H2,1-4H3,(H2,21,22,23);1H. The minimum absolute atomic E-state index is 0. The molecule has 1 aliphatic heterocycles. The maximum atomic E-state index is 10.3. The van der Waals surface area contributed by atoms with Gasteiger partial charge in [0.1, 0.15) is 0 Å². The van der Waals surface area contributed by atoms with Crippen LogP contribution in [0.4, 0.5) is 0 Å². The van der Waals surface area contributed by atoms with Crippen LogP contribution in [0.25, 0.3) is 0 Å². The average Bonchev–Trinajstić information content (AvgIpc) is 2.94. The SMILES string of the molecule is CCNC(=NCC(O)c1ccc(Cl)cc1)NC1CN(C(C)C)CC1C.I. The molecule has 148 valence electrons. The quantitative estimate of drug-likeness (QED) is 0.323. The van der Waals surface area contributed by atoms with Crippen LogP contribution in [0.2, 0.25) is 5.02 Å². The van der Waals surface area contributed by atoms with Gasteiger partial charge in [-0.15, -0.1) is 24.0 Å². The van der Waals surface area contributed by atoms with Crippen LogP contribution in [0.1, 0.15) is 39.4 Å². The number of hydrogen-bond donors (Lipinski definition) is 3. The van der Waals surface area contributed by atoms with Gasteiger partial charge in [0.25, 0.3) is 0 Å². The highest BCUT2D eigenvalue weighted by molar-refractivity contribution is 14.0. The average molecular weight is 495 g/mol. The third kappa shape index (κ3) is 6.87. The molecule has 1 aromatic carbocycles. The fourth-order valence-electron chi connectivity index (χ4n) is 3.08. The van der Waals surface area contributed by atoms with Crippen molar-refractivity contribution in [3.63, 3.8) is 0 Å². The molecule has 0 amide bonds. The van der Waals surface area contributed by atoms with Crippen LogP contribution >= 0.6 is 35.6 Å². The van der Waals surface area contributed by atoms with E-state index in [1.54, 1.807) is 12.1 Å². The maximum Gasteiger partial charge on any atom is 0.191 e. The zero-order valence-corrected chi connectivity index (χ0v) is 19.2. The van der Waals surface area contributed by atoms with E-state index in [2.05, 4.69) is 41.3 Å². The van der Waals surface area contributed by atoms with Gasteiger partial charge in [-0.2, -0.15) is 0 Å². The highest BCUT2D eigenvalue weighted by atomic mass is 127. The van der Waals surface area contributed by atoms with E-state index in [1.165, 1.54) is 0 Å². The van der Waals surface area contributed by atoms with Gasteiger partial charge in [0.2, 0.25) is 0 Å². The van der Waals surface area contributed by atoms with Crippen molar-refractivity contribution in [2.24, 2.45) is 10.9 Å². The van der Waals surface area contributed by atoms with E-state index in [0.29, 0.717) is 29.6 Å². The second-order valence-corrected chi connectivity index (χ2v) is 7.50. The first-order chi connectivity index (χ1) is 11.9. The number of guanidine groups is 1. The topological polar surface area (TPSA) is 59.9 Å². The molecule has 7 heteroatoms. The van der Waals surface area contributed by atoms with E-state index in [9.17, 15) is 5.11 Å². The summed E-state index contributed by atoms with van der Waals surface area (Å²) in [6.45, 7) is 12.0. The summed E-state index contributed by atoms with van der Waals surface area (Å²) >= 11 is 5.89. The van der Waals surface area contributed by atoms with Gasteiger partial charge in [-0.25, -0.2) is 0 Å². The first kappa shape index (κ1) is 23.5. The van der Waals surface area contributed by atoms with E-state index in [1.807, 2.05) is 19.1 Å². The van der Waals surface area contributed by atoms with Crippen LogP contribution in [0.5, 0.6) is 0 Å². The first-order valence-corrected chi connectivity index (χ1v) is 9.51. The molecular formula is C19H32ClIN4O. The molecule has 5 nitrogen and oxygen atoms in total. The number of nitrogens with zero attached hydrogens (tertiary/aromatic N) is 2. The number of aliphatic hydroxyl groups is 1. The van der Waals surface area contributed by atoms with Crippen molar-refractivity contribution < 1.29 is 5.11 Å². The third-order valence-corrected chi connectivity index (χ3v) is 4.97. The summed E-state index contributed by atoms with van der Waals surface area (Å²) in [4.78, 5) is 7.05. The Labute approximate surface area is 179 Å². The molecule has 1 heterocycles. The molecule has 0 aliphatic carbocycles. The number of halogens is 2. The molecular weight excluding hydrogens is 463 g/mol. The summed E-state index contributed by atoms with van der Waals surface area (Å²) in [5.74, 6) is 1.32. The molecule has 26 heavy (non-hydrogen) atoms. The number of hydrogen-bond acceptors (Lipinski definition) is 3. The van der Waals surface area contributed by atoms with Crippen LogP contribution < -0.4 is 10.6 Å². The van der Waals surface area contributed by atoms with Gasteiger partial charge in [0.15, 0.2) is 5.96 Å². The van der Waals surface area contributed by atoms with Crippen molar-refractivity contribution in [1.82, 2.24) is 15.5 Å². The molecule has 0 bridgehead atoms. The van der Waals surface area contributed by atoms with Gasteiger partial charge in [0, 0.05) is 36.7 Å². The monoisotopic (exact) mass is 494 g/mol. The van der Waals surface area contributed by atoms with Crippen LogP contribution in [-0.2, 0) is 0 Å². The number of aliphatic hydroxyl groups excluding tert-OH is 1. The zero-order valence-electron chi connectivity index (χ0n) is 16.1. The third-order valence-electron chi connectivity index (χ3n) is 4.71. The molecule has 0 aromatic heterocycles. The molecule has 1 aliphatic rings. The van der Waals surface area contributed by atoms with Gasteiger partial charge in [-0.1, -0.05) is 30.7 Å². The Morgan fingerprint density at radius 1 is 1.31 bits per heavy atom. The normalized spacial score (nSPS) is 22.2. The van der Waals surface area contributed by atoms with E-state index in [4.69, 9.17) is 11.6 Å². The Morgan fingerprint density at radius 2 is 1.96 bits per heavy atom. The fraction of sp³-hybridized carbons (Fsp3) is 0.632. The van der Waals surface area contributed by atoms with E-state index >= 15 is 0 Å². The predicted molar refractivity (Wildman–Crippen MR) is 121 cm³/mol. The second-order valence-electron chi connectivity index (χ2n) is 7.06. The molecule has 1 aromatic rings. The van der Waals surface area contributed by atoms with Crippen molar-refractivity contribution >= 4 is 41.5 Å². The Morgan fingerprint density at radius 3 is 2.50 bits per heavy atom. The molecule has 1 saturated heterocycles. The van der Waals surface area contributed by atoms with Crippen LogP contribution in [0.3, 0.4) is 0 Å². The Bertz CT molecular complexity index is 567. The molecule has 1 fully saturated rings. The van der Waals surface area contributed by atoms with Crippen molar-refractivity contribution in [3.8, 4) is 0 Å². The zero-order chi connectivity index (χ0) is 18.4. The van der Waals surface area contributed by atoms with Crippen LogP contribution in [0, 0.1) is 5.92 Å². The number of aliphatic imine (C=N–C) groups is 1. The Hall–Kier alpha value is -0.570. The smallest absolute Gasteiger partial charge is 0.191 e. The minimum Gasteiger partial charge on any atom is -0.386 e. The van der Waals surface area contributed by atoms with Gasteiger partial charge in [0.05, 0.1) is 12.6 Å². The summed E-state index contributed by atoms with van der Waals surface area (Å²) in [6.07, 6.45) is -0.638. The van der Waals surface area contributed by atoms with Gasteiger partial charge >= 0.3 is 0 Å². The van der Waals surface area contributed by atoms with Crippen molar-refractivity contribution in [2.45, 2.75) is 45.9 Å². The van der Waals surface area contributed by atoms with Gasteiger partial charge in [-0.05, 0) is 44.4 Å². The first-order valence-electron chi connectivity index (χ1n) is 9.13. The molecule has 3 N–H and O–H groups in total. The van der Waals surface area contributed by atoms with E-state index < -0.39 is 6.10 Å². The van der Waals surface area contributed by atoms with E-state index in [0.717, 1.165) is 31.2 Å². The summed E-state index contributed by atoms with van der Waals surface area (Å²) in [5.41, 5.74) is 0.823. The van der Waals surface area contributed by atoms with Crippen LogP contribution in [-0.4, -0.2) is 54.2 Å². The highest BCUT2D eigenvalue weighted by Crippen LogP contribution is 2.19. The minimum atomic E-state index is -0.638. The molecule has 3 atom stereocenters. The maximum absolute atomic E-state index is 10.3. The number of rotatable bonds is 6. The van der Waals surface area contributed by atoms with Crippen molar-refractivity contribution in [1.29, 1.82) is 0 Å². The Balaban J connectivity index is 0.00000338. The summed E-state index contributed by atoms with van der Waals surface area (Å²) in [7, 11) is 0.